The molecule has 4 aromatic rings. The number of hydrogen-bond acceptors (Lipinski definition) is 4. The summed E-state index contributed by atoms with van der Waals surface area (Å²) in [5.74, 6) is 0.736. The third kappa shape index (κ3) is 5.08. The van der Waals surface area contributed by atoms with Gasteiger partial charge in [0.05, 0.1) is 6.54 Å². The van der Waals surface area contributed by atoms with E-state index in [0.717, 1.165) is 38.9 Å². The molecular weight excluding hydrogens is 416 g/mol. The topological polar surface area (TPSA) is 59.8 Å². The molecule has 1 heterocycles. The second-order valence-electron chi connectivity index (χ2n) is 7.82. The first kappa shape index (κ1) is 21.8. The van der Waals surface area contributed by atoms with Crippen LogP contribution in [0.4, 0.5) is 5.69 Å². The molecule has 0 fully saturated rings. The summed E-state index contributed by atoms with van der Waals surface area (Å²) in [6, 6.07) is 26.1. The number of amides is 1. The van der Waals surface area contributed by atoms with Crippen LogP contribution < -0.4 is 5.32 Å². The van der Waals surface area contributed by atoms with E-state index in [1.807, 2.05) is 87.5 Å². The van der Waals surface area contributed by atoms with Gasteiger partial charge in [-0.2, -0.15) is 0 Å². The van der Waals surface area contributed by atoms with Crippen LogP contribution in [0.5, 0.6) is 0 Å². The molecule has 1 atom stereocenters. The van der Waals surface area contributed by atoms with Crippen LogP contribution in [-0.2, 0) is 11.3 Å². The van der Waals surface area contributed by atoms with E-state index in [1.165, 1.54) is 11.8 Å². The van der Waals surface area contributed by atoms with Crippen molar-refractivity contribution < 1.29 is 4.79 Å². The van der Waals surface area contributed by atoms with Gasteiger partial charge in [0.25, 0.3) is 0 Å². The summed E-state index contributed by atoms with van der Waals surface area (Å²) in [5, 5.41) is 12.1. The second kappa shape index (κ2) is 9.83. The number of hydrogen-bond donors (Lipinski definition) is 1. The lowest BCUT2D eigenvalue weighted by atomic mass is 10.1. The summed E-state index contributed by atoms with van der Waals surface area (Å²) >= 11 is 1.42. The van der Waals surface area contributed by atoms with Gasteiger partial charge in [-0.15, -0.1) is 10.2 Å². The number of benzene rings is 3. The van der Waals surface area contributed by atoms with Gasteiger partial charge in [0.1, 0.15) is 11.1 Å². The first-order valence-electron chi connectivity index (χ1n) is 10.5. The summed E-state index contributed by atoms with van der Waals surface area (Å²) in [4.78, 5) is 13.5. The average Bonchev–Trinajstić information content (AvgIpc) is 3.14. The Morgan fingerprint density at radius 2 is 1.62 bits per heavy atom. The van der Waals surface area contributed by atoms with Gasteiger partial charge in [0, 0.05) is 5.69 Å². The molecule has 1 N–H and O–H groups in total. The van der Waals surface area contributed by atoms with Crippen molar-refractivity contribution in [1.29, 1.82) is 0 Å². The molecular formula is C26H26N4OS. The maximum atomic E-state index is 13.5. The number of thioether (sulfide) groups is 1. The van der Waals surface area contributed by atoms with Crippen molar-refractivity contribution >= 4 is 23.4 Å². The number of aromatic nitrogens is 3. The number of aryl methyl sites for hydroxylation is 3. The number of nitrogens with zero attached hydrogens (tertiary/aromatic N) is 3. The van der Waals surface area contributed by atoms with Gasteiger partial charge in [0.2, 0.25) is 5.91 Å². The molecule has 32 heavy (non-hydrogen) atoms. The maximum Gasteiger partial charge on any atom is 0.242 e. The molecule has 3 aromatic carbocycles. The van der Waals surface area contributed by atoms with Crippen LogP contribution in [0.15, 0.2) is 84.0 Å². The predicted molar refractivity (Wildman–Crippen MR) is 130 cm³/mol. The number of carbonyl (C=O) groups is 1. The van der Waals surface area contributed by atoms with E-state index in [0.29, 0.717) is 6.54 Å². The Kier molecular flexibility index (Phi) is 6.71. The lowest BCUT2D eigenvalue weighted by molar-refractivity contribution is -0.115. The Labute approximate surface area is 192 Å². The molecule has 0 unspecified atom stereocenters. The van der Waals surface area contributed by atoms with E-state index in [2.05, 4.69) is 32.2 Å². The van der Waals surface area contributed by atoms with Crippen molar-refractivity contribution in [3.8, 4) is 0 Å². The van der Waals surface area contributed by atoms with E-state index in [1.54, 1.807) is 0 Å². The number of rotatable bonds is 7. The SMILES string of the molecule is Cc1ccc(C)c(NC(=O)[C@@H](Sc2nnc(C)n2Cc2ccccc2)c2ccccc2)c1. The average molecular weight is 443 g/mol. The highest BCUT2D eigenvalue weighted by Gasteiger charge is 2.26. The molecule has 0 spiro atoms. The van der Waals surface area contributed by atoms with Gasteiger partial charge >= 0.3 is 0 Å². The van der Waals surface area contributed by atoms with Gasteiger partial charge < -0.3 is 9.88 Å². The van der Waals surface area contributed by atoms with E-state index in [9.17, 15) is 4.79 Å². The molecule has 4 rings (SSSR count). The number of nitrogens with one attached hydrogen (secondary N) is 1. The van der Waals surface area contributed by atoms with Crippen molar-refractivity contribution in [2.45, 2.75) is 37.7 Å². The largest absolute Gasteiger partial charge is 0.325 e. The van der Waals surface area contributed by atoms with Crippen LogP contribution in [-0.4, -0.2) is 20.7 Å². The lowest BCUT2D eigenvalue weighted by Gasteiger charge is -2.18. The van der Waals surface area contributed by atoms with Gasteiger partial charge in [-0.3, -0.25) is 4.79 Å². The molecule has 0 aliphatic rings. The molecule has 5 nitrogen and oxygen atoms in total. The van der Waals surface area contributed by atoms with Crippen molar-refractivity contribution in [1.82, 2.24) is 14.8 Å². The molecule has 0 bridgehead atoms. The molecule has 162 valence electrons. The zero-order chi connectivity index (χ0) is 22.5. The molecule has 0 aliphatic carbocycles. The Hall–Kier alpha value is -3.38. The van der Waals surface area contributed by atoms with E-state index < -0.39 is 5.25 Å². The standard InChI is InChI=1S/C26H26N4OS/c1-18-14-15-19(2)23(16-18)27-25(31)24(22-12-8-5-9-13-22)32-26-29-28-20(3)30(26)17-21-10-6-4-7-11-21/h4-16,24H,17H2,1-3H3,(H,27,31)/t24-/m0/s1. The minimum absolute atomic E-state index is 0.0817. The third-order valence-corrected chi connectivity index (χ3v) is 6.53. The lowest BCUT2D eigenvalue weighted by Crippen LogP contribution is -2.20. The van der Waals surface area contributed by atoms with Gasteiger partial charge in [-0.25, -0.2) is 0 Å². The smallest absolute Gasteiger partial charge is 0.242 e. The zero-order valence-corrected chi connectivity index (χ0v) is 19.3. The summed E-state index contributed by atoms with van der Waals surface area (Å²) in [6.45, 7) is 6.61. The first-order valence-corrected chi connectivity index (χ1v) is 11.4. The van der Waals surface area contributed by atoms with E-state index in [-0.39, 0.29) is 5.91 Å². The second-order valence-corrected chi connectivity index (χ2v) is 8.89. The maximum absolute atomic E-state index is 13.5. The molecule has 0 saturated heterocycles. The molecule has 6 heteroatoms. The van der Waals surface area contributed by atoms with Crippen LogP contribution in [0.1, 0.15) is 33.3 Å². The van der Waals surface area contributed by atoms with E-state index >= 15 is 0 Å². The predicted octanol–water partition coefficient (Wildman–Crippen LogP) is 5.72. The van der Waals surface area contributed by atoms with Crippen LogP contribution in [0.3, 0.4) is 0 Å². The normalized spacial score (nSPS) is 11.8. The Bertz CT molecular complexity index is 1210. The first-order chi connectivity index (χ1) is 15.5. The minimum atomic E-state index is -0.464. The quantitative estimate of drug-likeness (QED) is 0.372. The summed E-state index contributed by atoms with van der Waals surface area (Å²) in [6.07, 6.45) is 0. The Balaban J connectivity index is 1.64. The third-order valence-electron chi connectivity index (χ3n) is 5.30. The number of anilines is 1. The summed E-state index contributed by atoms with van der Waals surface area (Å²) in [7, 11) is 0. The fraction of sp³-hybridized carbons (Fsp3) is 0.192. The highest BCUT2D eigenvalue weighted by molar-refractivity contribution is 8.00. The Morgan fingerprint density at radius 3 is 2.34 bits per heavy atom. The van der Waals surface area contributed by atoms with Crippen molar-refractivity contribution in [2.24, 2.45) is 0 Å². The highest BCUT2D eigenvalue weighted by atomic mass is 32.2. The van der Waals surface area contributed by atoms with Crippen LogP contribution >= 0.6 is 11.8 Å². The molecule has 1 aromatic heterocycles. The highest BCUT2D eigenvalue weighted by Crippen LogP contribution is 2.36. The van der Waals surface area contributed by atoms with Crippen LogP contribution in [0.25, 0.3) is 0 Å². The molecule has 1 amide bonds. The summed E-state index contributed by atoms with van der Waals surface area (Å²) in [5.41, 5.74) is 5.05. The molecule has 0 radical (unpaired) electrons. The monoisotopic (exact) mass is 442 g/mol. The fourth-order valence-corrected chi connectivity index (χ4v) is 4.55. The van der Waals surface area contributed by atoms with Gasteiger partial charge in [-0.1, -0.05) is 84.6 Å². The van der Waals surface area contributed by atoms with Gasteiger partial charge in [-0.05, 0) is 49.1 Å². The Morgan fingerprint density at radius 1 is 0.938 bits per heavy atom. The van der Waals surface area contributed by atoms with Crippen molar-refractivity contribution in [2.75, 3.05) is 5.32 Å². The van der Waals surface area contributed by atoms with Gasteiger partial charge in [0.15, 0.2) is 5.16 Å². The minimum Gasteiger partial charge on any atom is -0.325 e. The van der Waals surface area contributed by atoms with Crippen LogP contribution in [0, 0.1) is 20.8 Å². The molecule has 0 saturated carbocycles. The molecule has 0 aliphatic heterocycles. The fourth-order valence-electron chi connectivity index (χ4n) is 3.47. The summed E-state index contributed by atoms with van der Waals surface area (Å²) < 4.78 is 2.06. The zero-order valence-electron chi connectivity index (χ0n) is 18.4. The number of carbonyl (C=O) groups excluding carboxylic acids is 1. The van der Waals surface area contributed by atoms with Crippen molar-refractivity contribution in [3.05, 3.63) is 107 Å². The van der Waals surface area contributed by atoms with Crippen LogP contribution in [0.2, 0.25) is 0 Å². The van der Waals surface area contributed by atoms with Crippen molar-refractivity contribution in [3.63, 3.8) is 0 Å². The van der Waals surface area contributed by atoms with E-state index in [4.69, 9.17) is 0 Å².